The van der Waals surface area contributed by atoms with E-state index in [1.807, 2.05) is 37.3 Å². The summed E-state index contributed by atoms with van der Waals surface area (Å²) in [5, 5.41) is 2.77. The zero-order valence-electron chi connectivity index (χ0n) is 23.4. The molecule has 4 aromatic rings. The van der Waals surface area contributed by atoms with E-state index in [-0.39, 0.29) is 16.1 Å². The quantitative estimate of drug-likeness (QED) is 0.247. The number of hydrogen-bond acceptors (Lipinski definition) is 4. The minimum atomic E-state index is -4.03. The normalized spacial score (nSPS) is 11.6. The number of nitrogens with zero attached hydrogens (tertiary/aromatic N) is 1. The maximum Gasteiger partial charge on any atom is 0.264 e. The average Bonchev–Trinajstić information content (AvgIpc) is 2.92. The van der Waals surface area contributed by atoms with Crippen LogP contribution < -0.4 is 9.62 Å². The van der Waals surface area contributed by atoms with Crippen molar-refractivity contribution < 1.29 is 18.0 Å². The van der Waals surface area contributed by atoms with Crippen molar-refractivity contribution in [2.75, 3.05) is 16.2 Å². The Morgan fingerprint density at radius 2 is 1.43 bits per heavy atom. The molecule has 0 atom stereocenters. The first-order chi connectivity index (χ1) is 18.9. The van der Waals surface area contributed by atoms with Gasteiger partial charge in [-0.3, -0.25) is 13.9 Å². The van der Waals surface area contributed by atoms with Gasteiger partial charge in [-0.15, -0.1) is 0 Å². The van der Waals surface area contributed by atoms with Crippen LogP contribution in [-0.2, 0) is 20.2 Å². The number of rotatable bonds is 8. The molecule has 0 radical (unpaired) electrons. The van der Waals surface area contributed by atoms with Gasteiger partial charge in [0.05, 0.1) is 10.6 Å². The van der Waals surface area contributed by atoms with Gasteiger partial charge in [0.25, 0.3) is 10.0 Å². The van der Waals surface area contributed by atoms with E-state index in [1.165, 1.54) is 12.1 Å². The number of amides is 1. The fourth-order valence-electron chi connectivity index (χ4n) is 4.34. The van der Waals surface area contributed by atoms with E-state index in [9.17, 15) is 18.0 Å². The lowest BCUT2D eigenvalue weighted by molar-refractivity contribution is -0.114. The Morgan fingerprint density at radius 3 is 2.05 bits per heavy atom. The Balaban J connectivity index is 1.57. The van der Waals surface area contributed by atoms with E-state index in [0.717, 1.165) is 21.0 Å². The van der Waals surface area contributed by atoms with Crippen molar-refractivity contribution >= 4 is 33.1 Å². The van der Waals surface area contributed by atoms with Gasteiger partial charge in [0.2, 0.25) is 5.91 Å². The predicted molar refractivity (Wildman–Crippen MR) is 161 cm³/mol. The van der Waals surface area contributed by atoms with Crippen molar-refractivity contribution in [1.82, 2.24) is 0 Å². The fourth-order valence-corrected chi connectivity index (χ4v) is 5.82. The van der Waals surface area contributed by atoms with Gasteiger partial charge >= 0.3 is 0 Å². The first kappa shape index (κ1) is 28.8. The summed E-state index contributed by atoms with van der Waals surface area (Å²) < 4.78 is 28.5. The number of para-hydroxylation sites is 1. The van der Waals surface area contributed by atoms with Crippen LogP contribution in [0.15, 0.2) is 102 Å². The summed E-state index contributed by atoms with van der Waals surface area (Å²) in [5.41, 5.74) is 4.54. The third-order valence-corrected chi connectivity index (χ3v) is 8.48. The van der Waals surface area contributed by atoms with Crippen LogP contribution in [0.2, 0.25) is 0 Å². The summed E-state index contributed by atoms with van der Waals surface area (Å²) in [4.78, 5) is 26.5. The summed E-state index contributed by atoms with van der Waals surface area (Å²) in [7, 11) is -4.03. The zero-order chi connectivity index (χ0) is 29.1. The van der Waals surface area contributed by atoms with E-state index in [4.69, 9.17) is 0 Å². The minimum absolute atomic E-state index is 0.0229. The third kappa shape index (κ3) is 6.49. The molecule has 7 heteroatoms. The van der Waals surface area contributed by atoms with E-state index in [2.05, 4.69) is 26.1 Å². The SMILES string of the molecule is Cc1ccc(S(=O)(=O)N(CC(=O)Nc2cccc(C(=O)c3ccc(C(C)(C)C)cc3)c2)c2ccccc2C)cc1. The van der Waals surface area contributed by atoms with Gasteiger partial charge in [-0.1, -0.05) is 93.1 Å². The van der Waals surface area contributed by atoms with Gasteiger partial charge in [-0.25, -0.2) is 8.42 Å². The van der Waals surface area contributed by atoms with Gasteiger partial charge < -0.3 is 5.32 Å². The lowest BCUT2D eigenvalue weighted by Gasteiger charge is -2.25. The summed E-state index contributed by atoms with van der Waals surface area (Å²) in [5.74, 6) is -0.696. The van der Waals surface area contributed by atoms with E-state index >= 15 is 0 Å². The van der Waals surface area contributed by atoms with Crippen molar-refractivity contribution in [3.63, 3.8) is 0 Å². The molecule has 0 unspecified atom stereocenters. The molecular formula is C33H34N2O4S. The van der Waals surface area contributed by atoms with E-state index < -0.39 is 22.5 Å². The molecule has 0 aliphatic carbocycles. The molecule has 4 aromatic carbocycles. The fraction of sp³-hybridized carbons (Fsp3) is 0.212. The Bertz CT molecular complexity index is 1640. The largest absolute Gasteiger partial charge is 0.324 e. The van der Waals surface area contributed by atoms with Crippen molar-refractivity contribution in [3.8, 4) is 0 Å². The summed E-state index contributed by atoms with van der Waals surface area (Å²) in [6.07, 6.45) is 0. The van der Waals surface area contributed by atoms with Crippen molar-refractivity contribution in [1.29, 1.82) is 0 Å². The van der Waals surface area contributed by atoms with Gasteiger partial charge in [0.15, 0.2) is 5.78 Å². The number of ketones is 1. The molecule has 0 saturated carbocycles. The Labute approximate surface area is 236 Å². The highest BCUT2D eigenvalue weighted by Gasteiger charge is 2.28. The van der Waals surface area contributed by atoms with Crippen LogP contribution >= 0.6 is 0 Å². The molecule has 0 bridgehead atoms. The second-order valence-corrected chi connectivity index (χ2v) is 12.8. The first-order valence-electron chi connectivity index (χ1n) is 13.1. The van der Waals surface area contributed by atoms with Crippen molar-refractivity contribution in [2.45, 2.75) is 44.9 Å². The summed E-state index contributed by atoms with van der Waals surface area (Å²) in [6, 6.07) is 27.7. The van der Waals surface area contributed by atoms with Crippen LogP contribution in [0.25, 0.3) is 0 Å². The molecule has 1 N–H and O–H groups in total. The van der Waals surface area contributed by atoms with Gasteiger partial charge in [0.1, 0.15) is 6.54 Å². The van der Waals surface area contributed by atoms with Gasteiger partial charge in [-0.05, 0) is 60.7 Å². The number of benzene rings is 4. The number of nitrogens with one attached hydrogen (secondary N) is 1. The molecule has 1 amide bonds. The van der Waals surface area contributed by atoms with Crippen LogP contribution in [0, 0.1) is 13.8 Å². The first-order valence-corrected chi connectivity index (χ1v) is 14.5. The number of anilines is 2. The molecule has 0 aliphatic heterocycles. The molecule has 6 nitrogen and oxygen atoms in total. The van der Waals surface area contributed by atoms with Crippen LogP contribution in [0.3, 0.4) is 0 Å². The highest BCUT2D eigenvalue weighted by molar-refractivity contribution is 7.92. The third-order valence-electron chi connectivity index (χ3n) is 6.70. The highest BCUT2D eigenvalue weighted by atomic mass is 32.2. The van der Waals surface area contributed by atoms with Crippen LogP contribution in [0.4, 0.5) is 11.4 Å². The highest BCUT2D eigenvalue weighted by Crippen LogP contribution is 2.27. The zero-order valence-corrected chi connectivity index (χ0v) is 24.2. The summed E-state index contributed by atoms with van der Waals surface area (Å²) in [6.45, 7) is 9.58. The lowest BCUT2D eigenvalue weighted by Crippen LogP contribution is -2.38. The molecule has 0 aromatic heterocycles. The maximum atomic E-state index is 13.7. The van der Waals surface area contributed by atoms with E-state index in [0.29, 0.717) is 22.5 Å². The molecule has 206 valence electrons. The Kier molecular flexibility index (Phi) is 8.26. The topological polar surface area (TPSA) is 83.6 Å². The molecule has 0 fully saturated rings. The monoisotopic (exact) mass is 554 g/mol. The molecule has 0 spiro atoms. The lowest BCUT2D eigenvalue weighted by atomic mass is 9.86. The van der Waals surface area contributed by atoms with Crippen molar-refractivity contribution in [3.05, 3.63) is 125 Å². The molecular weight excluding hydrogens is 520 g/mol. The minimum Gasteiger partial charge on any atom is -0.324 e. The number of aryl methyl sites for hydroxylation is 2. The maximum absolute atomic E-state index is 13.7. The van der Waals surface area contributed by atoms with Crippen LogP contribution in [-0.4, -0.2) is 26.7 Å². The number of carbonyl (C=O) groups is 2. The van der Waals surface area contributed by atoms with Gasteiger partial charge in [0, 0.05) is 16.8 Å². The number of hydrogen-bond donors (Lipinski definition) is 1. The van der Waals surface area contributed by atoms with Gasteiger partial charge in [-0.2, -0.15) is 0 Å². The molecule has 0 heterocycles. The second kappa shape index (κ2) is 11.5. The second-order valence-electron chi connectivity index (χ2n) is 10.9. The molecule has 4 rings (SSSR count). The molecule has 0 saturated heterocycles. The average molecular weight is 555 g/mol. The standard InChI is InChI=1S/C33H34N2O4S/c1-23-13-19-29(20-14-23)40(38,39)35(30-12-7-6-9-24(30)2)22-31(36)34-28-11-8-10-26(21-28)32(37)25-15-17-27(18-16-25)33(3,4)5/h6-21H,22H2,1-5H3,(H,34,36). The Morgan fingerprint density at radius 1 is 0.775 bits per heavy atom. The van der Waals surface area contributed by atoms with Crippen LogP contribution in [0.1, 0.15) is 53.4 Å². The van der Waals surface area contributed by atoms with E-state index in [1.54, 1.807) is 61.5 Å². The number of sulfonamides is 1. The summed E-state index contributed by atoms with van der Waals surface area (Å²) >= 11 is 0. The predicted octanol–water partition coefficient (Wildman–Crippen LogP) is 6.67. The number of carbonyl (C=O) groups excluding carboxylic acids is 2. The smallest absolute Gasteiger partial charge is 0.264 e. The Hall–Kier alpha value is -4.23. The van der Waals surface area contributed by atoms with Crippen molar-refractivity contribution in [2.24, 2.45) is 0 Å². The molecule has 40 heavy (non-hydrogen) atoms. The van der Waals surface area contributed by atoms with Crippen LogP contribution in [0.5, 0.6) is 0 Å². The molecule has 0 aliphatic rings.